The van der Waals surface area contributed by atoms with E-state index in [-0.39, 0.29) is 11.9 Å². The fourth-order valence-electron chi connectivity index (χ4n) is 6.90. The molecule has 2 aromatic carbocycles. The molecule has 4 aromatic heterocycles. The summed E-state index contributed by atoms with van der Waals surface area (Å²) in [7, 11) is 3.34. The smallest absolute Gasteiger partial charge is 0.245 e. The summed E-state index contributed by atoms with van der Waals surface area (Å²) in [6.07, 6.45) is 6.34. The number of benzene rings is 2. The fraction of sp³-hybridized carbons (Fsp3) is 0.294. The molecular formula is C34H33FN10O2. The zero-order valence-corrected chi connectivity index (χ0v) is 26.3. The van der Waals surface area contributed by atoms with Crippen LogP contribution in [0.3, 0.4) is 0 Å². The van der Waals surface area contributed by atoms with E-state index in [2.05, 4.69) is 44.0 Å². The number of pyridine rings is 1. The Labute approximate surface area is 269 Å². The number of hydrogen-bond acceptors (Lipinski definition) is 9. The molecule has 12 nitrogen and oxygen atoms in total. The maximum atomic E-state index is 14.2. The third-order valence-electron chi connectivity index (χ3n) is 9.08. The fourth-order valence-corrected chi connectivity index (χ4v) is 6.90. The lowest BCUT2D eigenvalue weighted by Gasteiger charge is -2.29. The molecule has 0 radical (unpaired) electrons. The summed E-state index contributed by atoms with van der Waals surface area (Å²) < 4.78 is 23.2. The van der Waals surface area contributed by atoms with Crippen molar-refractivity contribution in [2.45, 2.75) is 38.4 Å². The summed E-state index contributed by atoms with van der Waals surface area (Å²) in [6.45, 7) is 3.87. The molecule has 1 saturated heterocycles. The molecular weight excluding hydrogens is 599 g/mol. The van der Waals surface area contributed by atoms with Crippen molar-refractivity contribution in [1.29, 1.82) is 0 Å². The Bertz CT molecular complexity index is 2160. The van der Waals surface area contributed by atoms with Gasteiger partial charge in [-0.3, -0.25) is 4.79 Å². The zero-order chi connectivity index (χ0) is 32.2. The van der Waals surface area contributed by atoms with Gasteiger partial charge < -0.3 is 24.4 Å². The van der Waals surface area contributed by atoms with Gasteiger partial charge in [0.2, 0.25) is 5.91 Å². The average molecular weight is 633 g/mol. The Hall–Kier alpha value is -5.59. The Kier molecular flexibility index (Phi) is 6.96. The maximum absolute atomic E-state index is 14.2. The molecule has 238 valence electrons. The van der Waals surface area contributed by atoms with Gasteiger partial charge in [0.25, 0.3) is 0 Å². The molecule has 8 rings (SSSR count). The number of fused-ring (bicyclic) bond motifs is 6. The molecule has 13 heteroatoms. The molecule has 6 heterocycles. The van der Waals surface area contributed by atoms with Gasteiger partial charge in [-0.2, -0.15) is 5.10 Å². The van der Waals surface area contributed by atoms with Crippen LogP contribution in [-0.2, 0) is 11.3 Å². The summed E-state index contributed by atoms with van der Waals surface area (Å²) in [5.41, 5.74) is 6.05. The second-order valence-electron chi connectivity index (χ2n) is 12.2. The van der Waals surface area contributed by atoms with Gasteiger partial charge in [-0.1, -0.05) is 6.07 Å². The van der Waals surface area contributed by atoms with Gasteiger partial charge in [-0.05, 0) is 61.7 Å². The quantitative estimate of drug-likeness (QED) is 0.299. The number of amides is 1. The van der Waals surface area contributed by atoms with Crippen LogP contribution < -0.4 is 15.0 Å². The number of likely N-dealkylation sites (N-methyl/N-ethyl adjacent to an activating group) is 1. The third-order valence-corrected chi connectivity index (χ3v) is 9.08. The predicted octanol–water partition coefficient (Wildman–Crippen LogP) is 4.60. The number of ether oxygens (including phenoxy) is 1. The van der Waals surface area contributed by atoms with E-state index >= 15 is 0 Å². The van der Waals surface area contributed by atoms with Crippen molar-refractivity contribution < 1.29 is 13.9 Å². The highest BCUT2D eigenvalue weighted by Gasteiger charge is 2.40. The van der Waals surface area contributed by atoms with Gasteiger partial charge >= 0.3 is 0 Å². The average Bonchev–Trinajstić information content (AvgIpc) is 3.81. The van der Waals surface area contributed by atoms with Crippen LogP contribution in [0, 0.1) is 12.7 Å². The van der Waals surface area contributed by atoms with Crippen molar-refractivity contribution in [1.82, 2.24) is 39.2 Å². The zero-order valence-electron chi connectivity index (χ0n) is 26.3. The standard InChI is InChI=1S/C34H33FN10O2/c1-20-12-23-25-6-4-7-30(41-25)40-22-15-28(34(46)42(2)10-5-11-43-19-38-26(13-20)31(23)43)44(17-22)32-24-16-39-45(33(24)37-18-36-32)27-9-8-21(35)14-29(27)47-3/h4,6-9,12-14,16,18-19,22,28H,5,10-11,15,17H2,1-3H3,(H,40,41)/t22-,28-/m0/s1. The second-order valence-corrected chi connectivity index (χ2v) is 12.2. The highest BCUT2D eigenvalue weighted by molar-refractivity contribution is 5.94. The Morgan fingerprint density at radius 2 is 1.96 bits per heavy atom. The number of imidazole rings is 1. The lowest BCUT2D eigenvalue weighted by atomic mass is 10.1. The summed E-state index contributed by atoms with van der Waals surface area (Å²) in [4.78, 5) is 37.0. The number of rotatable bonds is 3. The molecule has 0 saturated carbocycles. The molecule has 1 fully saturated rings. The molecule has 1 amide bonds. The molecule has 6 aromatic rings. The van der Waals surface area contributed by atoms with Crippen molar-refractivity contribution in [3.63, 3.8) is 0 Å². The molecule has 0 unspecified atom stereocenters. The van der Waals surface area contributed by atoms with E-state index in [1.807, 2.05) is 41.4 Å². The van der Waals surface area contributed by atoms with E-state index in [1.54, 1.807) is 16.9 Å². The number of nitrogens with zero attached hydrogens (tertiary/aromatic N) is 9. The first-order chi connectivity index (χ1) is 22.9. The molecule has 0 spiro atoms. The molecule has 4 bridgehead atoms. The van der Waals surface area contributed by atoms with E-state index in [1.165, 1.54) is 25.6 Å². The maximum Gasteiger partial charge on any atom is 0.245 e. The summed E-state index contributed by atoms with van der Waals surface area (Å²) in [5.74, 6) is 1.26. The van der Waals surface area contributed by atoms with Crippen LogP contribution in [-0.4, -0.2) is 84.4 Å². The minimum absolute atomic E-state index is 0.0112. The molecule has 2 aliphatic heterocycles. The van der Waals surface area contributed by atoms with Crippen molar-refractivity contribution in [2.75, 3.05) is 37.5 Å². The van der Waals surface area contributed by atoms with E-state index in [9.17, 15) is 9.18 Å². The van der Waals surface area contributed by atoms with E-state index < -0.39 is 11.9 Å². The number of anilines is 2. The van der Waals surface area contributed by atoms with Crippen LogP contribution in [0.25, 0.3) is 39.0 Å². The predicted molar refractivity (Wildman–Crippen MR) is 176 cm³/mol. The highest BCUT2D eigenvalue weighted by atomic mass is 19.1. The van der Waals surface area contributed by atoms with Crippen LogP contribution >= 0.6 is 0 Å². The van der Waals surface area contributed by atoms with Crippen LogP contribution in [0.15, 0.2) is 67.4 Å². The summed E-state index contributed by atoms with van der Waals surface area (Å²) in [5, 5.41) is 8.87. The number of nitrogens with one attached hydrogen (secondary N) is 1. The molecule has 2 aliphatic rings. The number of carbonyl (C=O) groups is 1. The van der Waals surface area contributed by atoms with Crippen LogP contribution in [0.5, 0.6) is 5.75 Å². The van der Waals surface area contributed by atoms with Crippen molar-refractivity contribution >= 4 is 39.6 Å². The first-order valence-electron chi connectivity index (χ1n) is 15.6. The molecule has 1 N–H and O–H groups in total. The lowest BCUT2D eigenvalue weighted by Crippen LogP contribution is -2.45. The van der Waals surface area contributed by atoms with Gasteiger partial charge in [0.05, 0.1) is 41.7 Å². The first kappa shape index (κ1) is 28.9. The number of aryl methyl sites for hydroxylation is 2. The normalized spacial score (nSPS) is 18.3. The van der Waals surface area contributed by atoms with Crippen molar-refractivity contribution in [2.24, 2.45) is 0 Å². The summed E-state index contributed by atoms with van der Waals surface area (Å²) in [6, 6.07) is 13.9. The minimum Gasteiger partial charge on any atom is -0.494 e. The molecule has 47 heavy (non-hydrogen) atoms. The number of aromatic nitrogens is 7. The summed E-state index contributed by atoms with van der Waals surface area (Å²) >= 11 is 0. The second kappa shape index (κ2) is 11.3. The number of carbonyl (C=O) groups excluding carboxylic acids is 1. The minimum atomic E-state index is -0.479. The largest absolute Gasteiger partial charge is 0.494 e. The van der Waals surface area contributed by atoms with Gasteiger partial charge in [0, 0.05) is 44.4 Å². The van der Waals surface area contributed by atoms with Gasteiger partial charge in [-0.25, -0.2) is 29.0 Å². The van der Waals surface area contributed by atoms with Crippen LogP contribution in [0.4, 0.5) is 16.0 Å². The number of hydrogen-bond donors (Lipinski definition) is 1. The lowest BCUT2D eigenvalue weighted by molar-refractivity contribution is -0.131. The van der Waals surface area contributed by atoms with Crippen LogP contribution in [0.2, 0.25) is 0 Å². The Morgan fingerprint density at radius 3 is 2.83 bits per heavy atom. The number of methoxy groups -OCH3 is 1. The Balaban J connectivity index is 1.19. The van der Waals surface area contributed by atoms with Gasteiger partial charge in [-0.15, -0.1) is 0 Å². The third kappa shape index (κ3) is 4.98. The van der Waals surface area contributed by atoms with E-state index in [0.717, 1.165) is 40.1 Å². The van der Waals surface area contributed by atoms with Crippen LogP contribution in [0.1, 0.15) is 18.4 Å². The van der Waals surface area contributed by atoms with Crippen molar-refractivity contribution in [3.8, 4) is 22.7 Å². The number of halogens is 1. The van der Waals surface area contributed by atoms with Gasteiger partial charge in [0.1, 0.15) is 41.3 Å². The monoisotopic (exact) mass is 632 g/mol. The van der Waals surface area contributed by atoms with Gasteiger partial charge in [0.15, 0.2) is 5.65 Å². The SMILES string of the molecule is COc1cc(F)ccc1-n1ncc2c(N3C[C@@H]4C[C@H]3C(=O)N(C)CCCn3cnc5cc(C)cc(c53)-c3cccc(n3)N4)ncnc21. The van der Waals surface area contributed by atoms with Crippen molar-refractivity contribution in [3.05, 3.63) is 78.8 Å². The Morgan fingerprint density at radius 1 is 1.06 bits per heavy atom. The van der Waals surface area contributed by atoms with E-state index in [4.69, 9.17) is 14.7 Å². The first-order valence-corrected chi connectivity index (χ1v) is 15.6. The highest BCUT2D eigenvalue weighted by Crippen LogP contribution is 2.35. The molecule has 0 aliphatic carbocycles. The topological polar surface area (TPSA) is 119 Å². The molecule has 2 atom stereocenters. The van der Waals surface area contributed by atoms with E-state index in [0.29, 0.717) is 54.3 Å².